The van der Waals surface area contributed by atoms with Gasteiger partial charge in [-0.2, -0.15) is 13.2 Å². The Kier molecular flexibility index (Phi) is 6.14. The van der Waals surface area contributed by atoms with E-state index in [1.807, 2.05) is 0 Å². The Balaban J connectivity index is 2.81. The fourth-order valence-electron chi connectivity index (χ4n) is 1.62. The largest absolute Gasteiger partial charge is 0.453 e. The van der Waals surface area contributed by atoms with Gasteiger partial charge in [-0.25, -0.2) is 4.79 Å². The molecule has 0 saturated heterocycles. The summed E-state index contributed by atoms with van der Waals surface area (Å²) in [4.78, 5) is 11.0. The molecule has 0 spiro atoms. The number of hydrogen-bond donors (Lipinski definition) is 1. The molecule has 0 fully saturated rings. The monoisotopic (exact) mass is 355 g/mol. The summed E-state index contributed by atoms with van der Waals surface area (Å²) in [6, 6.07) is 6.51. The van der Waals surface area contributed by atoms with Gasteiger partial charge in [-0.3, -0.25) is 0 Å². The Bertz CT molecular complexity index is 559. The predicted octanol–water partition coefficient (Wildman–Crippen LogP) is 4.68. The van der Waals surface area contributed by atoms with Crippen LogP contribution in [0.1, 0.15) is 17.5 Å². The Morgan fingerprint density at radius 1 is 1.36 bits per heavy atom. The molecule has 1 N–H and O–H groups in total. The van der Waals surface area contributed by atoms with E-state index < -0.39 is 23.0 Å². The summed E-state index contributed by atoms with van der Waals surface area (Å²) >= 11 is 10.6. The Labute approximate surface area is 136 Å². The van der Waals surface area contributed by atoms with Crippen LogP contribution in [0.25, 0.3) is 5.57 Å². The molecule has 0 bridgehead atoms. The maximum Gasteiger partial charge on any atom is 0.421 e. The summed E-state index contributed by atoms with van der Waals surface area (Å²) < 4.78 is 39.5. The molecule has 1 aromatic carbocycles. The minimum absolute atomic E-state index is 0.141. The van der Waals surface area contributed by atoms with E-state index in [4.69, 9.17) is 23.2 Å². The molecule has 1 amide bonds. The van der Waals surface area contributed by atoms with Crippen LogP contribution in [0.2, 0.25) is 0 Å². The highest BCUT2D eigenvalue weighted by molar-refractivity contribution is 6.49. The highest BCUT2D eigenvalue weighted by Crippen LogP contribution is 2.45. The number of alkyl carbamates (subject to hydrolysis) is 1. The molecule has 122 valence electrons. The van der Waals surface area contributed by atoms with E-state index in [0.717, 1.165) is 0 Å². The van der Waals surface area contributed by atoms with Crippen LogP contribution in [0, 0.1) is 0 Å². The van der Waals surface area contributed by atoms with Crippen LogP contribution in [0.3, 0.4) is 0 Å². The molecule has 3 nitrogen and oxygen atoms in total. The molecule has 0 heterocycles. The van der Waals surface area contributed by atoms with Crippen molar-refractivity contribution in [3.8, 4) is 0 Å². The number of amides is 1. The van der Waals surface area contributed by atoms with Crippen LogP contribution in [0.4, 0.5) is 18.0 Å². The highest BCUT2D eigenvalue weighted by atomic mass is 35.5. The molecule has 1 aromatic rings. The van der Waals surface area contributed by atoms with Gasteiger partial charge < -0.3 is 10.1 Å². The summed E-state index contributed by atoms with van der Waals surface area (Å²) in [5, 5.41) is 2.46. The topological polar surface area (TPSA) is 38.3 Å². The second-order valence-corrected chi connectivity index (χ2v) is 6.01. The van der Waals surface area contributed by atoms with Gasteiger partial charge in [0.1, 0.15) is 0 Å². The van der Waals surface area contributed by atoms with Crippen molar-refractivity contribution in [1.29, 1.82) is 0 Å². The second-order valence-electron chi connectivity index (χ2n) is 4.53. The number of alkyl halides is 5. The number of rotatable bonds is 5. The minimum Gasteiger partial charge on any atom is -0.453 e. The molecule has 22 heavy (non-hydrogen) atoms. The molecule has 0 aliphatic heterocycles. The van der Waals surface area contributed by atoms with E-state index in [1.165, 1.54) is 7.11 Å². The van der Waals surface area contributed by atoms with Crippen LogP contribution in [0.5, 0.6) is 0 Å². The van der Waals surface area contributed by atoms with E-state index in [-0.39, 0.29) is 12.1 Å². The van der Waals surface area contributed by atoms with Gasteiger partial charge in [0.05, 0.1) is 7.11 Å². The smallest absolute Gasteiger partial charge is 0.421 e. The first kappa shape index (κ1) is 18.6. The highest BCUT2D eigenvalue weighted by Gasteiger charge is 2.52. The molecule has 0 aromatic heterocycles. The van der Waals surface area contributed by atoms with Crippen LogP contribution in [-0.2, 0) is 11.3 Å². The van der Waals surface area contributed by atoms with Gasteiger partial charge in [0, 0.05) is 13.0 Å². The number of benzene rings is 1. The number of carbonyl (C=O) groups excluding carboxylic acids is 1. The Morgan fingerprint density at radius 2 is 2.00 bits per heavy atom. The molecule has 0 unspecified atom stereocenters. The molecule has 8 heteroatoms. The Morgan fingerprint density at radius 3 is 2.55 bits per heavy atom. The van der Waals surface area contributed by atoms with Crippen LogP contribution < -0.4 is 5.32 Å². The second kappa shape index (κ2) is 7.24. The van der Waals surface area contributed by atoms with Crippen molar-refractivity contribution in [2.45, 2.75) is 23.5 Å². The minimum atomic E-state index is -4.76. The summed E-state index contributed by atoms with van der Waals surface area (Å²) in [6.45, 7) is 3.76. The zero-order chi connectivity index (χ0) is 17.0. The van der Waals surface area contributed by atoms with E-state index in [0.29, 0.717) is 11.1 Å². The summed E-state index contributed by atoms with van der Waals surface area (Å²) in [6.07, 6.45) is -6.03. The number of nitrogens with one attached hydrogen (secondary N) is 1. The number of allylic oxidation sites excluding steroid dienone is 1. The standard InChI is InChI=1S/C14H14Cl2F3NO2/c1-9(7-13(15,16)14(17,18)19)11-5-3-4-10(6-11)8-20-12(21)22-2/h3-6H,1,7-8H2,2H3,(H,20,21). The van der Waals surface area contributed by atoms with E-state index in [9.17, 15) is 18.0 Å². The molecule has 0 aliphatic rings. The van der Waals surface area contributed by atoms with Crippen molar-refractivity contribution in [3.63, 3.8) is 0 Å². The number of carbonyl (C=O) groups is 1. The van der Waals surface area contributed by atoms with Crippen LogP contribution in [-0.4, -0.2) is 23.7 Å². The van der Waals surface area contributed by atoms with Gasteiger partial charge in [0.25, 0.3) is 0 Å². The molecule has 0 aliphatic carbocycles. The van der Waals surface area contributed by atoms with Crippen molar-refractivity contribution in [2.24, 2.45) is 0 Å². The van der Waals surface area contributed by atoms with Gasteiger partial charge in [0.2, 0.25) is 4.33 Å². The van der Waals surface area contributed by atoms with Crippen molar-refractivity contribution in [1.82, 2.24) is 5.32 Å². The normalized spacial score (nSPS) is 11.9. The molecule has 0 saturated carbocycles. The van der Waals surface area contributed by atoms with Gasteiger partial charge in [-0.15, -0.1) is 0 Å². The van der Waals surface area contributed by atoms with E-state index in [2.05, 4.69) is 16.6 Å². The third-order valence-electron chi connectivity index (χ3n) is 2.81. The number of ether oxygens (including phenoxy) is 1. The van der Waals surface area contributed by atoms with Gasteiger partial charge in [0.15, 0.2) is 0 Å². The van der Waals surface area contributed by atoms with Crippen LogP contribution in [0.15, 0.2) is 30.8 Å². The molecule has 1 rings (SSSR count). The average Bonchev–Trinajstić information content (AvgIpc) is 2.43. The van der Waals surface area contributed by atoms with E-state index >= 15 is 0 Å². The molecular weight excluding hydrogens is 342 g/mol. The number of halogens is 5. The maximum absolute atomic E-state index is 12.7. The first-order valence-corrected chi connectivity index (χ1v) is 6.86. The van der Waals surface area contributed by atoms with Gasteiger partial charge >= 0.3 is 12.3 Å². The SMILES string of the molecule is C=C(CC(Cl)(Cl)C(F)(F)F)c1cccc(CNC(=O)OC)c1. The zero-order valence-electron chi connectivity index (χ0n) is 11.6. The Hall–Kier alpha value is -1.40. The zero-order valence-corrected chi connectivity index (χ0v) is 13.1. The lowest BCUT2D eigenvalue weighted by Crippen LogP contribution is -2.34. The molecule has 0 radical (unpaired) electrons. The first-order valence-electron chi connectivity index (χ1n) is 6.10. The van der Waals surface area contributed by atoms with Crippen molar-refractivity contribution >= 4 is 34.9 Å². The van der Waals surface area contributed by atoms with Crippen molar-refractivity contribution in [2.75, 3.05) is 7.11 Å². The van der Waals surface area contributed by atoms with E-state index in [1.54, 1.807) is 24.3 Å². The first-order chi connectivity index (χ1) is 10.1. The third-order valence-corrected chi connectivity index (χ3v) is 3.50. The van der Waals surface area contributed by atoms with Crippen molar-refractivity contribution < 1.29 is 22.7 Å². The van der Waals surface area contributed by atoms with Crippen molar-refractivity contribution in [3.05, 3.63) is 42.0 Å². The summed E-state index contributed by atoms with van der Waals surface area (Å²) in [5.41, 5.74) is 1.27. The lowest BCUT2D eigenvalue weighted by Gasteiger charge is -2.24. The number of hydrogen-bond acceptors (Lipinski definition) is 2. The molecule has 0 atom stereocenters. The van der Waals surface area contributed by atoms with Gasteiger partial charge in [-0.1, -0.05) is 48.0 Å². The average molecular weight is 356 g/mol. The number of methoxy groups -OCH3 is 1. The van der Waals surface area contributed by atoms with Gasteiger partial charge in [-0.05, 0) is 22.8 Å². The lowest BCUT2D eigenvalue weighted by molar-refractivity contribution is -0.140. The fraction of sp³-hybridized carbons (Fsp3) is 0.357. The lowest BCUT2D eigenvalue weighted by atomic mass is 10.00. The third kappa shape index (κ3) is 5.10. The fourth-order valence-corrected chi connectivity index (χ4v) is 1.94. The maximum atomic E-state index is 12.7. The van der Waals surface area contributed by atoms with Crippen LogP contribution >= 0.6 is 23.2 Å². The predicted molar refractivity (Wildman–Crippen MR) is 79.8 cm³/mol. The quantitative estimate of drug-likeness (QED) is 0.778. The summed E-state index contributed by atoms with van der Waals surface area (Å²) in [7, 11) is 1.23. The molecular formula is C14H14Cl2F3NO2. The summed E-state index contributed by atoms with van der Waals surface area (Å²) in [5.74, 6) is 0.